The summed E-state index contributed by atoms with van der Waals surface area (Å²) < 4.78 is 0. The molecule has 0 spiro atoms. The maximum atomic E-state index is 9.89. The van der Waals surface area contributed by atoms with Crippen LogP contribution in [0.1, 0.15) is 31.9 Å². The molecule has 16 heavy (non-hydrogen) atoms. The zero-order valence-electron chi connectivity index (χ0n) is 9.93. The van der Waals surface area contributed by atoms with Crippen molar-refractivity contribution in [2.75, 3.05) is 6.54 Å². The van der Waals surface area contributed by atoms with Gasteiger partial charge in [-0.15, -0.1) is 0 Å². The van der Waals surface area contributed by atoms with Gasteiger partial charge in [-0.2, -0.15) is 0 Å². The van der Waals surface area contributed by atoms with Gasteiger partial charge in [-0.3, -0.25) is 4.90 Å². The molecule has 2 unspecified atom stereocenters. The predicted octanol–water partition coefficient (Wildman–Crippen LogP) is 1.87. The second-order valence-electron chi connectivity index (χ2n) is 4.86. The van der Waals surface area contributed by atoms with E-state index in [0.29, 0.717) is 11.8 Å². The minimum Gasteiger partial charge on any atom is -0.508 e. The van der Waals surface area contributed by atoms with Crippen molar-refractivity contribution < 1.29 is 5.11 Å². The van der Waals surface area contributed by atoms with Crippen molar-refractivity contribution in [3.63, 3.8) is 0 Å². The SMILES string of the molecule is CC(C)N1CC(N)CC1c1ccccc1O. The summed E-state index contributed by atoms with van der Waals surface area (Å²) in [6.07, 6.45) is 0.926. The standard InChI is InChI=1S/C13H20N2O/c1-9(2)15-8-10(14)7-12(15)11-5-3-4-6-13(11)16/h3-6,9-10,12,16H,7-8,14H2,1-2H3. The van der Waals surface area contributed by atoms with Gasteiger partial charge in [0.1, 0.15) is 5.75 Å². The van der Waals surface area contributed by atoms with Gasteiger partial charge in [0.15, 0.2) is 0 Å². The summed E-state index contributed by atoms with van der Waals surface area (Å²) in [4.78, 5) is 2.36. The molecule has 0 aliphatic carbocycles. The van der Waals surface area contributed by atoms with Gasteiger partial charge in [-0.05, 0) is 26.3 Å². The number of aromatic hydroxyl groups is 1. The van der Waals surface area contributed by atoms with Crippen LogP contribution >= 0.6 is 0 Å². The third kappa shape index (κ3) is 2.06. The van der Waals surface area contributed by atoms with Crippen LogP contribution in [0.4, 0.5) is 0 Å². The number of hydrogen-bond donors (Lipinski definition) is 2. The highest BCUT2D eigenvalue weighted by Gasteiger charge is 2.33. The first-order valence-corrected chi connectivity index (χ1v) is 5.89. The Balaban J connectivity index is 2.29. The first kappa shape index (κ1) is 11.4. The van der Waals surface area contributed by atoms with E-state index in [1.54, 1.807) is 6.07 Å². The number of para-hydroxylation sites is 1. The van der Waals surface area contributed by atoms with Crippen LogP contribution in [0, 0.1) is 0 Å². The molecule has 1 aromatic carbocycles. The number of benzene rings is 1. The van der Waals surface area contributed by atoms with Crippen molar-refractivity contribution in [3.8, 4) is 5.75 Å². The summed E-state index contributed by atoms with van der Waals surface area (Å²) >= 11 is 0. The van der Waals surface area contributed by atoms with Gasteiger partial charge >= 0.3 is 0 Å². The molecule has 1 aliphatic heterocycles. The molecule has 0 amide bonds. The summed E-state index contributed by atoms with van der Waals surface area (Å²) in [5.41, 5.74) is 7.02. The van der Waals surface area contributed by atoms with Crippen molar-refractivity contribution >= 4 is 0 Å². The highest BCUT2D eigenvalue weighted by molar-refractivity contribution is 5.35. The van der Waals surface area contributed by atoms with E-state index in [9.17, 15) is 5.11 Å². The van der Waals surface area contributed by atoms with E-state index in [1.165, 1.54) is 0 Å². The Labute approximate surface area is 96.9 Å². The Morgan fingerprint density at radius 1 is 1.38 bits per heavy atom. The molecule has 3 nitrogen and oxygen atoms in total. The van der Waals surface area contributed by atoms with Gasteiger partial charge in [0, 0.05) is 30.2 Å². The van der Waals surface area contributed by atoms with Gasteiger partial charge in [0.2, 0.25) is 0 Å². The van der Waals surface area contributed by atoms with Crippen LogP contribution < -0.4 is 5.73 Å². The first-order valence-electron chi connectivity index (χ1n) is 5.89. The Morgan fingerprint density at radius 3 is 2.69 bits per heavy atom. The number of hydrogen-bond acceptors (Lipinski definition) is 3. The number of rotatable bonds is 2. The minimum atomic E-state index is 0.215. The Bertz CT molecular complexity index is 365. The number of phenols is 1. The summed E-state index contributed by atoms with van der Waals surface area (Å²) in [6.45, 7) is 5.26. The number of likely N-dealkylation sites (tertiary alicyclic amines) is 1. The van der Waals surface area contributed by atoms with Crippen LogP contribution in [-0.4, -0.2) is 28.6 Å². The normalized spacial score (nSPS) is 26.5. The Hall–Kier alpha value is -1.06. The molecular formula is C13H20N2O. The predicted molar refractivity (Wildman–Crippen MR) is 65.3 cm³/mol. The fraction of sp³-hybridized carbons (Fsp3) is 0.538. The van der Waals surface area contributed by atoms with Crippen LogP contribution in [0.3, 0.4) is 0 Å². The van der Waals surface area contributed by atoms with Crippen LogP contribution in [0.5, 0.6) is 5.75 Å². The summed E-state index contributed by atoms with van der Waals surface area (Å²) in [5.74, 6) is 0.382. The van der Waals surface area contributed by atoms with E-state index in [4.69, 9.17) is 5.73 Å². The van der Waals surface area contributed by atoms with E-state index < -0.39 is 0 Å². The maximum Gasteiger partial charge on any atom is 0.120 e. The van der Waals surface area contributed by atoms with Crippen molar-refractivity contribution in [1.29, 1.82) is 0 Å². The molecule has 0 aromatic heterocycles. The molecule has 2 rings (SSSR count). The molecule has 0 bridgehead atoms. The van der Waals surface area contributed by atoms with Gasteiger partial charge in [-0.1, -0.05) is 18.2 Å². The lowest BCUT2D eigenvalue weighted by Gasteiger charge is -2.28. The van der Waals surface area contributed by atoms with E-state index in [0.717, 1.165) is 18.5 Å². The Morgan fingerprint density at radius 2 is 2.06 bits per heavy atom. The van der Waals surface area contributed by atoms with Crippen molar-refractivity contribution in [2.45, 2.75) is 38.4 Å². The Kier molecular flexibility index (Phi) is 3.17. The third-order valence-corrected chi connectivity index (χ3v) is 3.33. The summed E-state index contributed by atoms with van der Waals surface area (Å²) in [5, 5.41) is 9.89. The minimum absolute atomic E-state index is 0.215. The van der Waals surface area contributed by atoms with E-state index in [-0.39, 0.29) is 12.1 Å². The number of nitrogens with two attached hydrogens (primary N) is 1. The molecule has 1 fully saturated rings. The molecule has 1 aromatic rings. The maximum absolute atomic E-state index is 9.89. The quantitative estimate of drug-likeness (QED) is 0.800. The number of nitrogens with zero attached hydrogens (tertiary/aromatic N) is 1. The van der Waals surface area contributed by atoms with Gasteiger partial charge in [-0.25, -0.2) is 0 Å². The molecule has 2 atom stereocenters. The molecule has 3 N–H and O–H groups in total. The highest BCUT2D eigenvalue weighted by atomic mass is 16.3. The van der Waals surface area contributed by atoms with Crippen LogP contribution in [0.15, 0.2) is 24.3 Å². The topological polar surface area (TPSA) is 49.5 Å². The fourth-order valence-corrected chi connectivity index (χ4v) is 2.54. The lowest BCUT2D eigenvalue weighted by molar-refractivity contribution is 0.201. The largest absolute Gasteiger partial charge is 0.508 e. The van der Waals surface area contributed by atoms with Gasteiger partial charge in [0.25, 0.3) is 0 Å². The lowest BCUT2D eigenvalue weighted by Crippen LogP contribution is -2.33. The molecular weight excluding hydrogens is 200 g/mol. The van der Waals surface area contributed by atoms with Crippen LogP contribution in [-0.2, 0) is 0 Å². The average molecular weight is 220 g/mol. The first-order chi connectivity index (χ1) is 7.59. The summed E-state index contributed by atoms with van der Waals surface area (Å²) in [7, 11) is 0. The molecule has 88 valence electrons. The molecule has 3 heteroatoms. The van der Waals surface area contributed by atoms with Crippen LogP contribution in [0.2, 0.25) is 0 Å². The summed E-state index contributed by atoms with van der Waals surface area (Å²) in [6, 6.07) is 8.50. The average Bonchev–Trinajstić information content (AvgIpc) is 2.61. The van der Waals surface area contributed by atoms with Crippen molar-refractivity contribution in [1.82, 2.24) is 4.90 Å². The van der Waals surface area contributed by atoms with E-state index in [2.05, 4.69) is 18.7 Å². The van der Waals surface area contributed by atoms with E-state index in [1.807, 2.05) is 18.2 Å². The third-order valence-electron chi connectivity index (χ3n) is 3.33. The van der Waals surface area contributed by atoms with E-state index >= 15 is 0 Å². The number of phenolic OH excluding ortho intramolecular Hbond substituents is 1. The van der Waals surface area contributed by atoms with Crippen LogP contribution in [0.25, 0.3) is 0 Å². The zero-order chi connectivity index (χ0) is 11.7. The second-order valence-corrected chi connectivity index (χ2v) is 4.86. The molecule has 1 saturated heterocycles. The van der Waals surface area contributed by atoms with Crippen molar-refractivity contribution in [3.05, 3.63) is 29.8 Å². The smallest absolute Gasteiger partial charge is 0.120 e. The monoisotopic (exact) mass is 220 g/mol. The molecule has 0 radical (unpaired) electrons. The van der Waals surface area contributed by atoms with Gasteiger partial charge in [0.05, 0.1) is 0 Å². The fourth-order valence-electron chi connectivity index (χ4n) is 2.54. The van der Waals surface area contributed by atoms with Gasteiger partial charge < -0.3 is 10.8 Å². The van der Waals surface area contributed by atoms with Crippen molar-refractivity contribution in [2.24, 2.45) is 5.73 Å². The molecule has 1 aliphatic rings. The molecule has 1 heterocycles. The zero-order valence-corrected chi connectivity index (χ0v) is 9.93. The molecule has 0 saturated carbocycles. The second kappa shape index (κ2) is 4.44. The highest BCUT2D eigenvalue weighted by Crippen LogP contribution is 2.36. The lowest BCUT2D eigenvalue weighted by atomic mass is 10.0.